The molecule has 4 nitrogen and oxygen atoms in total. The lowest BCUT2D eigenvalue weighted by atomic mass is 9.82. The summed E-state index contributed by atoms with van der Waals surface area (Å²) >= 11 is 0. The zero-order valence-corrected chi connectivity index (χ0v) is 6.38. The Labute approximate surface area is 65.1 Å². The monoisotopic (exact) mass is 162 g/mol. The van der Waals surface area contributed by atoms with Crippen LogP contribution in [0.1, 0.15) is 13.3 Å². The van der Waals surface area contributed by atoms with Crippen LogP contribution < -0.4 is 0 Å². The molecule has 0 aromatic carbocycles. The first-order valence-electron chi connectivity index (χ1n) is 3.76. The van der Waals surface area contributed by atoms with E-state index in [0.29, 0.717) is 6.42 Å². The fourth-order valence-electron chi connectivity index (χ4n) is 1.43. The van der Waals surface area contributed by atoms with Gasteiger partial charge in [0.15, 0.2) is 0 Å². The molecule has 1 rings (SSSR count). The molecule has 0 amide bonds. The average Bonchev–Trinajstić information content (AvgIpc) is 1.97. The lowest BCUT2D eigenvalue weighted by Gasteiger charge is -2.36. The largest absolute Gasteiger partial charge is 0.390 e. The maximum Gasteiger partial charge on any atom is 0.108 e. The molecule has 0 radical (unpaired) electrons. The summed E-state index contributed by atoms with van der Waals surface area (Å²) in [7, 11) is 0. The molecule has 0 aromatic heterocycles. The third kappa shape index (κ3) is 1.54. The van der Waals surface area contributed by atoms with Crippen molar-refractivity contribution < 1.29 is 20.4 Å². The highest BCUT2D eigenvalue weighted by molar-refractivity contribution is 4.90. The predicted molar refractivity (Wildman–Crippen MR) is 37.8 cm³/mol. The lowest BCUT2D eigenvalue weighted by molar-refractivity contribution is -0.154. The van der Waals surface area contributed by atoms with Gasteiger partial charge < -0.3 is 20.4 Å². The molecular formula is C7H14O4. The first-order chi connectivity index (χ1) is 5.04. The molecule has 0 aromatic rings. The van der Waals surface area contributed by atoms with Gasteiger partial charge in [0.25, 0.3) is 0 Å². The third-order valence-electron chi connectivity index (χ3n) is 2.29. The molecule has 1 aliphatic rings. The number of hydrogen-bond donors (Lipinski definition) is 4. The Kier molecular flexibility index (Phi) is 2.49. The molecule has 5 atom stereocenters. The van der Waals surface area contributed by atoms with E-state index in [4.69, 9.17) is 15.3 Å². The summed E-state index contributed by atoms with van der Waals surface area (Å²) in [5.74, 6) is -0.164. The van der Waals surface area contributed by atoms with Crippen LogP contribution in [0.25, 0.3) is 0 Å². The number of aliphatic hydroxyl groups excluding tert-OH is 4. The first-order valence-corrected chi connectivity index (χ1v) is 3.76. The second-order valence-electron chi connectivity index (χ2n) is 3.25. The Morgan fingerprint density at radius 1 is 0.909 bits per heavy atom. The summed E-state index contributed by atoms with van der Waals surface area (Å²) in [6.07, 6.45) is -3.92. The van der Waals surface area contributed by atoms with E-state index in [1.165, 1.54) is 0 Å². The average molecular weight is 162 g/mol. The van der Waals surface area contributed by atoms with Gasteiger partial charge in [-0.05, 0) is 12.3 Å². The molecule has 0 saturated heterocycles. The minimum absolute atomic E-state index is 0.164. The van der Waals surface area contributed by atoms with Crippen molar-refractivity contribution in [1.29, 1.82) is 0 Å². The van der Waals surface area contributed by atoms with Gasteiger partial charge in [-0.1, -0.05) is 6.92 Å². The van der Waals surface area contributed by atoms with Crippen molar-refractivity contribution >= 4 is 0 Å². The van der Waals surface area contributed by atoms with Gasteiger partial charge in [-0.25, -0.2) is 0 Å². The molecular weight excluding hydrogens is 148 g/mol. The Bertz CT molecular complexity index is 124. The molecule has 66 valence electrons. The van der Waals surface area contributed by atoms with Crippen LogP contribution in [0, 0.1) is 5.92 Å². The van der Waals surface area contributed by atoms with Crippen molar-refractivity contribution in [2.75, 3.05) is 0 Å². The quantitative estimate of drug-likeness (QED) is 0.348. The number of hydrogen-bond acceptors (Lipinski definition) is 4. The zero-order chi connectivity index (χ0) is 8.59. The van der Waals surface area contributed by atoms with Crippen LogP contribution in [0.3, 0.4) is 0 Å². The highest BCUT2D eigenvalue weighted by Gasteiger charge is 2.39. The molecule has 0 bridgehead atoms. The third-order valence-corrected chi connectivity index (χ3v) is 2.29. The van der Waals surface area contributed by atoms with Gasteiger partial charge in [0.05, 0.1) is 12.2 Å². The molecule has 4 heteroatoms. The first kappa shape index (κ1) is 8.93. The van der Waals surface area contributed by atoms with Crippen molar-refractivity contribution in [2.24, 2.45) is 5.92 Å². The van der Waals surface area contributed by atoms with Gasteiger partial charge in [-0.3, -0.25) is 0 Å². The molecule has 1 saturated carbocycles. The van der Waals surface area contributed by atoms with Crippen molar-refractivity contribution in [3.8, 4) is 0 Å². The van der Waals surface area contributed by atoms with E-state index in [9.17, 15) is 5.11 Å². The smallest absolute Gasteiger partial charge is 0.108 e. The molecule has 4 N–H and O–H groups in total. The highest BCUT2D eigenvalue weighted by Crippen LogP contribution is 2.24. The summed E-state index contributed by atoms with van der Waals surface area (Å²) < 4.78 is 0. The van der Waals surface area contributed by atoms with Gasteiger partial charge in [0.1, 0.15) is 12.2 Å². The predicted octanol–water partition coefficient (Wildman–Crippen LogP) is -1.53. The van der Waals surface area contributed by atoms with Crippen molar-refractivity contribution in [2.45, 2.75) is 37.8 Å². The number of aliphatic hydroxyl groups is 4. The van der Waals surface area contributed by atoms with Crippen molar-refractivity contribution in [1.82, 2.24) is 0 Å². The molecule has 0 unspecified atom stereocenters. The van der Waals surface area contributed by atoms with Gasteiger partial charge in [0.2, 0.25) is 0 Å². The van der Waals surface area contributed by atoms with E-state index in [1.807, 2.05) is 0 Å². The molecule has 0 spiro atoms. The topological polar surface area (TPSA) is 80.9 Å². The summed E-state index contributed by atoms with van der Waals surface area (Å²) in [6, 6.07) is 0. The van der Waals surface area contributed by atoms with Crippen LogP contribution in [0.5, 0.6) is 0 Å². The summed E-state index contributed by atoms with van der Waals surface area (Å²) in [5, 5.41) is 36.5. The Hall–Kier alpha value is -0.160. The molecule has 1 fully saturated rings. The lowest BCUT2D eigenvalue weighted by Crippen LogP contribution is -2.52. The Morgan fingerprint density at radius 3 is 2.00 bits per heavy atom. The Morgan fingerprint density at radius 2 is 1.45 bits per heavy atom. The van der Waals surface area contributed by atoms with E-state index in [2.05, 4.69) is 0 Å². The fourth-order valence-corrected chi connectivity index (χ4v) is 1.43. The molecule has 1 aliphatic carbocycles. The minimum Gasteiger partial charge on any atom is -0.390 e. The van der Waals surface area contributed by atoms with Crippen LogP contribution in [-0.4, -0.2) is 44.8 Å². The van der Waals surface area contributed by atoms with Crippen LogP contribution in [0.4, 0.5) is 0 Å². The highest BCUT2D eigenvalue weighted by atomic mass is 16.4. The van der Waals surface area contributed by atoms with Crippen LogP contribution >= 0.6 is 0 Å². The summed E-state index contributed by atoms with van der Waals surface area (Å²) in [5.41, 5.74) is 0. The van der Waals surface area contributed by atoms with Crippen LogP contribution in [0.15, 0.2) is 0 Å². The van der Waals surface area contributed by atoms with Crippen molar-refractivity contribution in [3.05, 3.63) is 0 Å². The van der Waals surface area contributed by atoms with E-state index in [1.54, 1.807) is 6.92 Å². The number of rotatable bonds is 0. The summed E-state index contributed by atoms with van der Waals surface area (Å²) in [4.78, 5) is 0. The maximum absolute atomic E-state index is 9.21. The van der Waals surface area contributed by atoms with E-state index >= 15 is 0 Å². The molecule has 11 heavy (non-hydrogen) atoms. The van der Waals surface area contributed by atoms with Gasteiger partial charge in [-0.15, -0.1) is 0 Å². The van der Waals surface area contributed by atoms with Gasteiger partial charge in [-0.2, -0.15) is 0 Å². The second kappa shape index (κ2) is 3.06. The zero-order valence-electron chi connectivity index (χ0n) is 6.38. The molecule has 0 aliphatic heterocycles. The van der Waals surface area contributed by atoms with Crippen molar-refractivity contribution in [3.63, 3.8) is 0 Å². The fraction of sp³-hybridized carbons (Fsp3) is 1.00. The standard InChI is InChI=1S/C7H14O4/c1-3-2-4(8)6(10)7(11)5(3)9/h3-11H,2H2,1H3/t3-,4-,5+,6-,7+/m1/s1. The second-order valence-corrected chi connectivity index (χ2v) is 3.25. The van der Waals surface area contributed by atoms with E-state index in [0.717, 1.165) is 0 Å². The van der Waals surface area contributed by atoms with E-state index in [-0.39, 0.29) is 5.92 Å². The van der Waals surface area contributed by atoms with Gasteiger partial charge >= 0.3 is 0 Å². The Balaban J connectivity index is 2.63. The van der Waals surface area contributed by atoms with Crippen LogP contribution in [0.2, 0.25) is 0 Å². The van der Waals surface area contributed by atoms with Crippen LogP contribution in [-0.2, 0) is 0 Å². The molecule has 0 heterocycles. The maximum atomic E-state index is 9.21. The van der Waals surface area contributed by atoms with Gasteiger partial charge in [0, 0.05) is 0 Å². The van der Waals surface area contributed by atoms with E-state index < -0.39 is 24.4 Å². The normalized spacial score (nSPS) is 52.6. The summed E-state index contributed by atoms with van der Waals surface area (Å²) in [6.45, 7) is 1.73. The minimum atomic E-state index is -1.21. The SMILES string of the molecule is C[C@@H]1C[C@@H](O)[C@@H](O)[C@@H](O)[C@H]1O.